The molecule has 7 rings (SSSR count). The zero-order valence-corrected chi connectivity index (χ0v) is 28.1. The second-order valence-corrected chi connectivity index (χ2v) is 12.4. The molecule has 0 bridgehead atoms. The Hall–Kier alpha value is -5.14. The van der Waals surface area contributed by atoms with Crippen molar-refractivity contribution in [3.63, 3.8) is 0 Å². The van der Waals surface area contributed by atoms with Gasteiger partial charge in [0.1, 0.15) is 37.1 Å². The third-order valence-corrected chi connectivity index (χ3v) is 9.32. The summed E-state index contributed by atoms with van der Waals surface area (Å²) >= 11 is 0. The van der Waals surface area contributed by atoms with Crippen LogP contribution in [0.15, 0.2) is 96.3 Å². The number of anilines is 2. The summed E-state index contributed by atoms with van der Waals surface area (Å²) in [7, 11) is 1.64. The highest BCUT2D eigenvalue weighted by atomic mass is 16.8. The van der Waals surface area contributed by atoms with Gasteiger partial charge in [-0.3, -0.25) is 0 Å². The first kappa shape index (κ1) is 32.4. The van der Waals surface area contributed by atoms with E-state index in [-0.39, 0.29) is 17.8 Å². The van der Waals surface area contributed by atoms with Crippen LogP contribution in [-0.4, -0.2) is 81.9 Å². The fourth-order valence-electron chi connectivity index (χ4n) is 6.29. The summed E-state index contributed by atoms with van der Waals surface area (Å²) in [6.45, 7) is 8.67. The first-order chi connectivity index (χ1) is 23.9. The Morgan fingerprint density at radius 3 is 2.04 bits per heavy atom. The monoisotopic (exact) mass is 666 g/mol. The zero-order chi connectivity index (χ0) is 33.8. The van der Waals surface area contributed by atoms with Gasteiger partial charge in [-0.25, -0.2) is 14.0 Å². The average molecular weight is 667 g/mol. The number of aromatic nitrogens is 6. The average Bonchev–Trinajstić information content (AvgIpc) is 3.92. The molecule has 2 aliphatic rings. The maximum Gasteiger partial charge on any atom is 0.350 e. The van der Waals surface area contributed by atoms with Gasteiger partial charge in [0.25, 0.3) is 0 Å². The molecule has 3 aromatic carbocycles. The molecule has 3 atom stereocenters. The van der Waals surface area contributed by atoms with Gasteiger partial charge in [0.2, 0.25) is 5.79 Å². The third kappa shape index (κ3) is 6.90. The Kier molecular flexibility index (Phi) is 9.36. The Morgan fingerprint density at radius 1 is 0.837 bits per heavy atom. The lowest BCUT2D eigenvalue weighted by Crippen LogP contribution is -2.46. The van der Waals surface area contributed by atoms with Crippen molar-refractivity contribution in [3.8, 4) is 17.2 Å². The number of piperazine rings is 1. The van der Waals surface area contributed by atoms with Gasteiger partial charge in [-0.05, 0) is 86.1 Å². The van der Waals surface area contributed by atoms with Crippen LogP contribution in [0.1, 0.15) is 31.9 Å². The maximum atomic E-state index is 12.8. The van der Waals surface area contributed by atoms with Crippen LogP contribution in [0.3, 0.4) is 0 Å². The number of nitrogens with zero attached hydrogens (tertiary/aromatic N) is 8. The van der Waals surface area contributed by atoms with Crippen molar-refractivity contribution in [1.82, 2.24) is 29.3 Å². The van der Waals surface area contributed by atoms with Gasteiger partial charge < -0.3 is 28.7 Å². The minimum absolute atomic E-state index is 0.0685. The summed E-state index contributed by atoms with van der Waals surface area (Å²) in [5.74, 6) is 0.492. The highest BCUT2D eigenvalue weighted by Gasteiger charge is 2.44. The van der Waals surface area contributed by atoms with Crippen molar-refractivity contribution in [3.05, 3.63) is 108 Å². The van der Waals surface area contributed by atoms with Crippen LogP contribution < -0.4 is 25.0 Å². The normalized spacial score (nSPS) is 20.0. The van der Waals surface area contributed by atoms with Crippen LogP contribution in [0.2, 0.25) is 0 Å². The number of methoxy groups -OCH3 is 1. The molecule has 0 spiro atoms. The fourth-order valence-corrected chi connectivity index (χ4v) is 6.29. The molecule has 2 aromatic heterocycles. The summed E-state index contributed by atoms with van der Waals surface area (Å²) in [6, 6.07) is 24.1. The van der Waals surface area contributed by atoms with Crippen molar-refractivity contribution in [2.45, 2.75) is 44.7 Å². The Labute approximate surface area is 285 Å². The molecule has 2 saturated heterocycles. The summed E-state index contributed by atoms with van der Waals surface area (Å²) in [6.07, 6.45) is 5.45. The largest absolute Gasteiger partial charge is 0.497 e. The molecule has 49 heavy (non-hydrogen) atoms. The number of hydrogen-bond donors (Lipinski definition) is 0. The van der Waals surface area contributed by atoms with Gasteiger partial charge in [0, 0.05) is 43.1 Å². The van der Waals surface area contributed by atoms with E-state index < -0.39 is 5.79 Å². The molecule has 0 N–H and O–H groups in total. The van der Waals surface area contributed by atoms with Crippen LogP contribution in [-0.2, 0) is 21.8 Å². The topological polar surface area (TPSA) is 114 Å². The maximum absolute atomic E-state index is 12.8. The molecular formula is C36H42N8O5. The molecule has 0 amide bonds. The Bertz CT molecular complexity index is 1850. The van der Waals surface area contributed by atoms with E-state index in [1.807, 2.05) is 55.5 Å². The number of rotatable bonds is 12. The lowest BCUT2D eigenvalue weighted by molar-refractivity contribution is -0.192. The van der Waals surface area contributed by atoms with E-state index in [0.29, 0.717) is 19.8 Å². The molecule has 256 valence electrons. The molecule has 3 unspecified atom stereocenters. The van der Waals surface area contributed by atoms with Crippen LogP contribution >= 0.6 is 0 Å². The summed E-state index contributed by atoms with van der Waals surface area (Å²) < 4.78 is 27.4. The van der Waals surface area contributed by atoms with Gasteiger partial charge in [-0.15, -0.1) is 0 Å². The predicted octanol–water partition coefficient (Wildman–Crippen LogP) is 4.28. The number of benzene rings is 3. The van der Waals surface area contributed by atoms with E-state index in [1.165, 1.54) is 0 Å². The van der Waals surface area contributed by atoms with Gasteiger partial charge in [-0.2, -0.15) is 20.1 Å². The third-order valence-electron chi connectivity index (χ3n) is 9.32. The van der Waals surface area contributed by atoms with Crippen molar-refractivity contribution in [2.24, 2.45) is 0 Å². The molecule has 0 aliphatic carbocycles. The molecule has 0 radical (unpaired) electrons. The molecular weight excluding hydrogens is 624 g/mol. The van der Waals surface area contributed by atoms with Crippen LogP contribution in [0.4, 0.5) is 11.4 Å². The van der Waals surface area contributed by atoms with Crippen molar-refractivity contribution < 1.29 is 18.9 Å². The Balaban J connectivity index is 0.918. The second-order valence-electron chi connectivity index (χ2n) is 12.4. The predicted molar refractivity (Wildman–Crippen MR) is 185 cm³/mol. The van der Waals surface area contributed by atoms with Crippen molar-refractivity contribution in [1.29, 1.82) is 0 Å². The van der Waals surface area contributed by atoms with E-state index in [9.17, 15) is 4.79 Å². The molecule has 2 fully saturated rings. The molecule has 2 aliphatic heterocycles. The minimum atomic E-state index is -1.04. The van der Waals surface area contributed by atoms with E-state index in [2.05, 4.69) is 56.3 Å². The molecule has 13 nitrogen and oxygen atoms in total. The quantitative estimate of drug-likeness (QED) is 0.191. The van der Waals surface area contributed by atoms with Gasteiger partial charge in [0.05, 0.1) is 37.8 Å². The first-order valence-electron chi connectivity index (χ1n) is 16.7. The highest BCUT2D eigenvalue weighted by Crippen LogP contribution is 2.37. The summed E-state index contributed by atoms with van der Waals surface area (Å²) in [5, 5.41) is 12.8. The molecule has 13 heteroatoms. The molecule has 5 aromatic rings. The van der Waals surface area contributed by atoms with Crippen LogP contribution in [0.25, 0.3) is 5.69 Å². The SMILES string of the molecule is CCC(C)n1ncn(-c2ccc(N3CCN(c4ccc(OCC5COC(Cn6nccn6)(c6ccc(OC)cc6)O5)cc4)CC3)cc2)c1=O. The summed E-state index contributed by atoms with van der Waals surface area (Å²) in [5.41, 5.74) is 3.87. The lowest BCUT2D eigenvalue weighted by Gasteiger charge is -2.37. The van der Waals surface area contributed by atoms with Gasteiger partial charge in [0.15, 0.2) is 0 Å². The van der Waals surface area contributed by atoms with E-state index in [4.69, 9.17) is 18.9 Å². The number of ether oxygens (including phenoxy) is 4. The first-order valence-corrected chi connectivity index (χ1v) is 16.7. The van der Waals surface area contributed by atoms with Crippen LogP contribution in [0.5, 0.6) is 11.5 Å². The van der Waals surface area contributed by atoms with Crippen LogP contribution in [0, 0.1) is 0 Å². The van der Waals surface area contributed by atoms with Gasteiger partial charge in [-0.1, -0.05) is 6.92 Å². The van der Waals surface area contributed by atoms with E-state index >= 15 is 0 Å². The van der Waals surface area contributed by atoms with E-state index in [0.717, 1.165) is 66.7 Å². The van der Waals surface area contributed by atoms with E-state index in [1.54, 1.807) is 39.9 Å². The second kappa shape index (κ2) is 14.1. The summed E-state index contributed by atoms with van der Waals surface area (Å²) in [4.78, 5) is 19.1. The molecule has 0 saturated carbocycles. The minimum Gasteiger partial charge on any atom is -0.497 e. The Morgan fingerprint density at radius 2 is 1.43 bits per heavy atom. The standard InChI is InChI=1S/C36H42N8O5/c1-4-27(2)44-35(45)42(26-39-44)31-9-7-29(8-10-31)40-19-21-41(22-20-40)30-11-15-33(16-12-30)47-23-34-24-48-36(49-34,25-43-37-17-18-38-43)28-5-13-32(46-3)14-6-28/h5-18,26-27,34H,4,19-25H2,1-3H3. The fraction of sp³-hybridized carbons (Fsp3) is 0.389. The smallest absolute Gasteiger partial charge is 0.350 e. The zero-order valence-electron chi connectivity index (χ0n) is 28.1. The van der Waals surface area contributed by atoms with Gasteiger partial charge >= 0.3 is 5.69 Å². The van der Waals surface area contributed by atoms with Crippen molar-refractivity contribution in [2.75, 3.05) is 56.3 Å². The van der Waals surface area contributed by atoms with Crippen molar-refractivity contribution >= 4 is 11.4 Å². The lowest BCUT2D eigenvalue weighted by atomic mass is 10.1. The highest BCUT2D eigenvalue weighted by molar-refractivity contribution is 5.54. The number of hydrogen-bond acceptors (Lipinski definition) is 10. The molecule has 4 heterocycles.